The molecule has 7 rings (SSSR count). The Morgan fingerprint density at radius 3 is 1.25 bits per heavy atom. The molecule has 0 spiro atoms. The zero-order valence-corrected chi connectivity index (χ0v) is 34.6. The van der Waals surface area contributed by atoms with Crippen LogP contribution < -0.4 is 0 Å². The van der Waals surface area contributed by atoms with Crippen LogP contribution in [0.4, 0.5) is 26.3 Å². The van der Waals surface area contributed by atoms with E-state index in [1.807, 2.05) is 0 Å². The van der Waals surface area contributed by atoms with Gasteiger partial charge in [-0.1, -0.05) is 0 Å². The van der Waals surface area contributed by atoms with Crippen LogP contribution in [0.3, 0.4) is 0 Å². The molecule has 52 heavy (non-hydrogen) atoms. The molecular weight excluding hydrogens is 880 g/mol. The van der Waals surface area contributed by atoms with Gasteiger partial charge in [-0.2, -0.15) is 0 Å². The maximum atomic E-state index is 13.4. The topological polar surface area (TPSA) is 0 Å². The van der Waals surface area contributed by atoms with E-state index in [2.05, 4.69) is 62.4 Å². The minimum Gasteiger partial charge on any atom is -0.147 e. The van der Waals surface area contributed by atoms with Crippen LogP contribution in [0.1, 0.15) is 99.5 Å². The Morgan fingerprint density at radius 2 is 0.942 bits per heavy atom. The number of benzene rings is 4. The average molecular weight is 924 g/mol. The van der Waals surface area contributed by atoms with Gasteiger partial charge in [-0.15, -0.1) is 24.8 Å². The van der Waals surface area contributed by atoms with Crippen molar-refractivity contribution in [3.05, 3.63) is 129 Å². The molecule has 4 aromatic rings. The van der Waals surface area contributed by atoms with Gasteiger partial charge in [0.25, 0.3) is 0 Å². The first-order valence-corrected chi connectivity index (χ1v) is 27.2. The molecule has 2 atom stereocenters. The van der Waals surface area contributed by atoms with Crippen molar-refractivity contribution in [2.45, 2.75) is 86.8 Å². The first-order valence-electron chi connectivity index (χ1n) is 18.0. The summed E-state index contributed by atoms with van der Waals surface area (Å²) in [4.78, 5) is 0. The van der Waals surface area contributed by atoms with Crippen LogP contribution >= 0.6 is 24.8 Å². The van der Waals surface area contributed by atoms with Crippen LogP contribution in [0.5, 0.6) is 0 Å². The summed E-state index contributed by atoms with van der Waals surface area (Å²) in [6, 6.07) is 24.0. The average Bonchev–Trinajstić information content (AvgIpc) is 3.64. The standard InChI is InChI=1S/2C20H18F3.C3H6.2ClH.Hf/c2*1-2-3-5-14-12-16-6-4-7-18(19(16)13-14)15-8-10-17(11-9-15)20(21,22)23;1-3-2;;;/h2*4,6-13H,2-3,5H2,1H3;1-3H2;2*1H;. The van der Waals surface area contributed by atoms with E-state index in [1.54, 1.807) is 24.3 Å². The predicted octanol–water partition coefficient (Wildman–Crippen LogP) is 15.3. The number of alkyl halides is 6. The van der Waals surface area contributed by atoms with E-state index in [0.717, 1.165) is 60.8 Å². The molecule has 1 saturated heterocycles. The summed E-state index contributed by atoms with van der Waals surface area (Å²) >= 11 is -3.40. The van der Waals surface area contributed by atoms with Crippen LogP contribution in [0.2, 0.25) is 8.35 Å². The van der Waals surface area contributed by atoms with Gasteiger partial charge in [-0.3, -0.25) is 0 Å². The second kappa shape index (κ2) is 16.0. The van der Waals surface area contributed by atoms with Gasteiger partial charge in [0.15, 0.2) is 0 Å². The van der Waals surface area contributed by atoms with Crippen LogP contribution in [-0.2, 0) is 32.3 Å². The molecule has 0 aromatic heterocycles. The zero-order valence-electron chi connectivity index (χ0n) is 29.3. The summed E-state index contributed by atoms with van der Waals surface area (Å²) in [7, 11) is 0. The van der Waals surface area contributed by atoms with Crippen LogP contribution in [0.15, 0.2) is 96.1 Å². The van der Waals surface area contributed by atoms with E-state index >= 15 is 0 Å². The van der Waals surface area contributed by atoms with Crippen molar-refractivity contribution in [1.29, 1.82) is 0 Å². The Hall–Kier alpha value is -2.61. The number of rotatable bonds is 10. The molecule has 0 N–H and O–H groups in total. The fraction of sp³-hybridized carbons (Fsp3) is 0.349. The fourth-order valence-corrected chi connectivity index (χ4v) is 31.7. The predicted molar refractivity (Wildman–Crippen MR) is 203 cm³/mol. The van der Waals surface area contributed by atoms with Crippen molar-refractivity contribution >= 4 is 37.0 Å². The number of allylic oxidation sites excluding steroid dienone is 2. The van der Waals surface area contributed by atoms with E-state index in [-0.39, 0.29) is 24.8 Å². The van der Waals surface area contributed by atoms with Crippen molar-refractivity contribution in [3.8, 4) is 22.3 Å². The third-order valence-corrected chi connectivity index (χ3v) is 33.8. The number of hydrogen-bond donors (Lipinski definition) is 0. The van der Waals surface area contributed by atoms with Gasteiger partial charge in [0.2, 0.25) is 0 Å². The molecule has 2 unspecified atom stereocenters. The number of unbranched alkanes of at least 4 members (excludes halogenated alkanes) is 2. The molecule has 9 heteroatoms. The Labute approximate surface area is 320 Å². The quantitative estimate of drug-likeness (QED) is 0.110. The molecule has 0 bridgehead atoms. The Bertz CT molecular complexity index is 1800. The van der Waals surface area contributed by atoms with Crippen LogP contribution in [0, 0.1) is 0 Å². The zero-order chi connectivity index (χ0) is 35.3. The molecule has 0 nitrogen and oxygen atoms in total. The molecule has 0 amide bonds. The van der Waals surface area contributed by atoms with Crippen molar-refractivity contribution < 1.29 is 46.3 Å². The molecule has 0 radical (unpaired) electrons. The van der Waals surface area contributed by atoms with Gasteiger partial charge in [0.1, 0.15) is 0 Å². The fourth-order valence-electron chi connectivity index (χ4n) is 8.99. The van der Waals surface area contributed by atoms with E-state index in [4.69, 9.17) is 0 Å². The summed E-state index contributed by atoms with van der Waals surface area (Å²) in [6.07, 6.45) is 3.63. The van der Waals surface area contributed by atoms with Gasteiger partial charge in [-0.05, 0) is 0 Å². The molecule has 276 valence electrons. The summed E-state index contributed by atoms with van der Waals surface area (Å²) in [5.74, 6) is 0. The maximum absolute atomic E-state index is 13.4. The smallest absolute Gasteiger partial charge is 0.147 e. The summed E-state index contributed by atoms with van der Waals surface area (Å²) in [5, 5.41) is 0. The minimum absolute atomic E-state index is 0. The van der Waals surface area contributed by atoms with Gasteiger partial charge in [0.05, 0.1) is 0 Å². The van der Waals surface area contributed by atoms with Gasteiger partial charge in [-0.25, -0.2) is 0 Å². The van der Waals surface area contributed by atoms with Crippen molar-refractivity contribution in [2.75, 3.05) is 0 Å². The van der Waals surface area contributed by atoms with E-state index in [9.17, 15) is 26.3 Å². The Morgan fingerprint density at radius 1 is 0.558 bits per heavy atom. The number of halogens is 8. The first kappa shape index (κ1) is 40.6. The third kappa shape index (κ3) is 7.40. The maximum Gasteiger partial charge on any atom is -0.147 e. The molecule has 0 saturated carbocycles. The first-order chi connectivity index (χ1) is 24.0. The van der Waals surface area contributed by atoms with E-state index in [0.29, 0.717) is 7.35 Å². The van der Waals surface area contributed by atoms with Gasteiger partial charge in [0, 0.05) is 0 Å². The van der Waals surface area contributed by atoms with E-state index < -0.39 is 43.4 Å². The summed E-state index contributed by atoms with van der Waals surface area (Å²) in [5.41, 5.74) is 10.4. The second-order valence-corrected chi connectivity index (χ2v) is 31.0. The van der Waals surface area contributed by atoms with Crippen molar-refractivity contribution in [2.24, 2.45) is 0 Å². The van der Waals surface area contributed by atoms with E-state index in [1.165, 1.54) is 72.4 Å². The van der Waals surface area contributed by atoms with Crippen molar-refractivity contribution in [3.63, 3.8) is 0 Å². The van der Waals surface area contributed by atoms with Gasteiger partial charge >= 0.3 is 297 Å². The van der Waals surface area contributed by atoms with Crippen LogP contribution in [-0.4, -0.2) is 0 Å². The molecular formula is C43H44Cl2F6Hf. The normalized spacial score (nSPS) is 18.7. The Kier molecular flexibility index (Phi) is 12.5. The molecule has 1 fully saturated rings. The van der Waals surface area contributed by atoms with Crippen molar-refractivity contribution in [1.82, 2.24) is 0 Å². The molecule has 2 aliphatic carbocycles. The molecule has 4 aromatic carbocycles. The molecule has 1 heterocycles. The van der Waals surface area contributed by atoms with Gasteiger partial charge < -0.3 is 0 Å². The largest absolute Gasteiger partial charge is 0.147 e. The number of hydrogen-bond acceptors (Lipinski definition) is 0. The SMILES string of the molecule is CCCCC1=Cc2c(-c3ccc(C(F)(F)F)cc3)cccc2[CH]1[Hf]1([CH]2C(CCCC)=Cc3c(-c4ccc(C(F)(F)F)cc4)cccc32)[CH2]C[CH2]1.Cl.Cl. The molecule has 1 aliphatic heterocycles. The second-order valence-electron chi connectivity index (χ2n) is 14.4. The summed E-state index contributed by atoms with van der Waals surface area (Å²) < 4.78 is 84.0. The monoisotopic (exact) mass is 924 g/mol. The number of fused-ring (bicyclic) bond motifs is 2. The third-order valence-electron chi connectivity index (χ3n) is 11.4. The Balaban J connectivity index is 0.00000261. The summed E-state index contributed by atoms with van der Waals surface area (Å²) in [6.45, 7) is 4.44. The molecule has 3 aliphatic rings. The van der Waals surface area contributed by atoms with Crippen LogP contribution in [0.25, 0.3) is 34.4 Å². The minimum atomic E-state index is -4.38.